The lowest BCUT2D eigenvalue weighted by molar-refractivity contribution is -0.140. The molecule has 2 amide bonds. The van der Waals surface area contributed by atoms with Crippen molar-refractivity contribution < 1.29 is 22.7 Å². The Balaban J connectivity index is 1.83. The number of sulfonamides is 1. The lowest BCUT2D eigenvalue weighted by Gasteiger charge is -2.34. The van der Waals surface area contributed by atoms with E-state index in [1.807, 2.05) is 51.1 Å². The average Bonchev–Trinajstić information content (AvgIpc) is 3.07. The van der Waals surface area contributed by atoms with Crippen molar-refractivity contribution in [1.82, 2.24) is 10.2 Å². The van der Waals surface area contributed by atoms with E-state index in [0.29, 0.717) is 37.9 Å². The second-order valence-corrected chi connectivity index (χ2v) is 15.0. The third-order valence-electron chi connectivity index (χ3n) is 7.92. The smallest absolute Gasteiger partial charge is 0.264 e. The maximum absolute atomic E-state index is 14.6. The highest BCUT2D eigenvalue weighted by Crippen LogP contribution is 2.31. The molecule has 4 aromatic rings. The van der Waals surface area contributed by atoms with E-state index in [4.69, 9.17) is 27.9 Å². The first-order chi connectivity index (χ1) is 22.8. The van der Waals surface area contributed by atoms with Gasteiger partial charge in [-0.1, -0.05) is 84.2 Å². The van der Waals surface area contributed by atoms with Crippen LogP contribution in [0.15, 0.2) is 100 Å². The molecule has 1 N–H and O–H groups in total. The highest BCUT2D eigenvalue weighted by atomic mass is 79.9. The van der Waals surface area contributed by atoms with Crippen LogP contribution in [0.2, 0.25) is 10.0 Å². The summed E-state index contributed by atoms with van der Waals surface area (Å²) in [5, 5.41) is 3.66. The molecule has 4 aromatic carbocycles. The Morgan fingerprint density at radius 1 is 0.917 bits per heavy atom. The van der Waals surface area contributed by atoms with Gasteiger partial charge in [-0.15, -0.1) is 0 Å². The Labute approximate surface area is 301 Å². The highest BCUT2D eigenvalue weighted by Gasteiger charge is 2.35. The van der Waals surface area contributed by atoms with Gasteiger partial charge in [0.15, 0.2) is 0 Å². The van der Waals surface area contributed by atoms with Crippen molar-refractivity contribution >= 4 is 66.7 Å². The molecule has 4 rings (SSSR count). The molecule has 254 valence electrons. The van der Waals surface area contributed by atoms with Gasteiger partial charge in [-0.25, -0.2) is 8.42 Å². The third kappa shape index (κ3) is 9.31. The molecule has 0 saturated carbocycles. The van der Waals surface area contributed by atoms with Crippen molar-refractivity contribution in [3.05, 3.63) is 122 Å². The van der Waals surface area contributed by atoms with Crippen molar-refractivity contribution in [2.24, 2.45) is 0 Å². The molecule has 0 unspecified atom stereocenters. The molecule has 0 aliphatic carbocycles. The van der Waals surface area contributed by atoms with Gasteiger partial charge in [0, 0.05) is 19.0 Å². The number of aryl methyl sites for hydroxylation is 1. The molecule has 0 heterocycles. The highest BCUT2D eigenvalue weighted by molar-refractivity contribution is 9.10. The van der Waals surface area contributed by atoms with Gasteiger partial charge in [0.1, 0.15) is 18.3 Å². The molecule has 12 heteroatoms. The van der Waals surface area contributed by atoms with Crippen LogP contribution in [0.3, 0.4) is 0 Å². The van der Waals surface area contributed by atoms with Crippen LogP contribution in [-0.4, -0.2) is 50.9 Å². The van der Waals surface area contributed by atoms with Gasteiger partial charge < -0.3 is 15.0 Å². The minimum atomic E-state index is -4.29. The van der Waals surface area contributed by atoms with Crippen LogP contribution in [0.25, 0.3) is 0 Å². The van der Waals surface area contributed by atoms with Crippen LogP contribution in [0.5, 0.6) is 5.75 Å². The molecule has 48 heavy (non-hydrogen) atoms. The second kappa shape index (κ2) is 16.7. The Hall–Kier alpha value is -3.57. The lowest BCUT2D eigenvalue weighted by atomic mass is 10.0. The molecule has 2 atom stereocenters. The summed E-state index contributed by atoms with van der Waals surface area (Å²) in [5.74, 6) is -0.487. The number of nitrogens with zero attached hydrogens (tertiary/aromatic N) is 2. The second-order valence-electron chi connectivity index (χ2n) is 11.4. The van der Waals surface area contributed by atoms with Gasteiger partial charge in [0.05, 0.1) is 32.2 Å². The fourth-order valence-corrected chi connectivity index (χ4v) is 7.46. The molecule has 0 spiro atoms. The van der Waals surface area contributed by atoms with Gasteiger partial charge in [-0.2, -0.15) is 0 Å². The number of ether oxygens (including phenoxy) is 1. The maximum Gasteiger partial charge on any atom is 0.264 e. The Bertz CT molecular complexity index is 1840. The average molecular weight is 776 g/mol. The number of anilines is 1. The molecule has 0 bridgehead atoms. The fraction of sp³-hybridized carbons (Fsp3) is 0.278. The zero-order chi connectivity index (χ0) is 35.0. The Morgan fingerprint density at radius 2 is 1.60 bits per heavy atom. The van der Waals surface area contributed by atoms with Crippen LogP contribution in [0.4, 0.5) is 5.69 Å². The number of benzene rings is 4. The monoisotopic (exact) mass is 773 g/mol. The zero-order valence-electron chi connectivity index (χ0n) is 27.1. The van der Waals surface area contributed by atoms with Crippen LogP contribution < -0.4 is 14.4 Å². The van der Waals surface area contributed by atoms with Gasteiger partial charge in [0.25, 0.3) is 10.0 Å². The third-order valence-corrected chi connectivity index (χ3v) is 11.0. The Morgan fingerprint density at radius 3 is 2.21 bits per heavy atom. The number of methoxy groups -OCH3 is 1. The van der Waals surface area contributed by atoms with Crippen molar-refractivity contribution in [3.63, 3.8) is 0 Å². The van der Waals surface area contributed by atoms with Crippen molar-refractivity contribution in [1.29, 1.82) is 0 Å². The van der Waals surface area contributed by atoms with Crippen molar-refractivity contribution in [2.45, 2.75) is 57.1 Å². The summed E-state index contributed by atoms with van der Waals surface area (Å²) in [6.07, 6.45) is 0.875. The molecule has 0 aliphatic rings. The number of hydrogen-bond donors (Lipinski definition) is 1. The van der Waals surface area contributed by atoms with E-state index in [2.05, 4.69) is 21.2 Å². The maximum atomic E-state index is 14.6. The number of rotatable bonds is 14. The standard InChI is InChI=1S/C36H38BrCl2N3O5S/c1-5-25(3)40-36(44)33(20-26-9-7-6-8-10-26)41(22-27-13-17-31(38)32(39)19-27)35(43)23-42(28-14-11-24(2)12-15-28)48(45,46)29-16-18-34(47-4)30(37)21-29/h6-19,21,25,33H,5,20,22-23H2,1-4H3,(H,40,44)/t25-,33-/m0/s1. The van der Waals surface area contributed by atoms with E-state index in [1.54, 1.807) is 42.5 Å². The van der Waals surface area contributed by atoms with Crippen LogP contribution in [-0.2, 0) is 32.6 Å². The van der Waals surface area contributed by atoms with E-state index >= 15 is 0 Å². The quantitative estimate of drug-likeness (QED) is 0.141. The molecular formula is C36H38BrCl2N3O5S. The fourth-order valence-electron chi connectivity index (χ4n) is 5.00. The topological polar surface area (TPSA) is 96.0 Å². The predicted octanol–water partition coefficient (Wildman–Crippen LogP) is 7.82. The molecule has 0 radical (unpaired) electrons. The van der Waals surface area contributed by atoms with E-state index < -0.39 is 28.5 Å². The molecule has 0 fully saturated rings. The molecule has 8 nitrogen and oxygen atoms in total. The van der Waals surface area contributed by atoms with Crippen molar-refractivity contribution in [2.75, 3.05) is 18.0 Å². The van der Waals surface area contributed by atoms with Gasteiger partial charge in [-0.05, 0) is 89.8 Å². The summed E-state index contributed by atoms with van der Waals surface area (Å²) in [7, 11) is -2.81. The predicted molar refractivity (Wildman–Crippen MR) is 195 cm³/mol. The first-order valence-electron chi connectivity index (χ1n) is 15.3. The minimum Gasteiger partial charge on any atom is -0.496 e. The summed E-state index contributed by atoms with van der Waals surface area (Å²) in [5.41, 5.74) is 2.66. The summed E-state index contributed by atoms with van der Waals surface area (Å²) in [6, 6.07) is 24.5. The van der Waals surface area contributed by atoms with Crippen LogP contribution in [0, 0.1) is 6.92 Å². The number of halogens is 3. The summed E-state index contributed by atoms with van der Waals surface area (Å²) in [6.45, 7) is 5.12. The van der Waals surface area contributed by atoms with E-state index in [9.17, 15) is 18.0 Å². The molecule has 0 aliphatic heterocycles. The van der Waals surface area contributed by atoms with Gasteiger partial charge >= 0.3 is 0 Å². The first kappa shape index (κ1) is 37.3. The molecule has 0 aromatic heterocycles. The number of carbonyl (C=O) groups is 2. The molecular weight excluding hydrogens is 737 g/mol. The zero-order valence-corrected chi connectivity index (χ0v) is 31.0. The number of nitrogens with one attached hydrogen (secondary N) is 1. The Kier molecular flexibility index (Phi) is 13.0. The largest absolute Gasteiger partial charge is 0.496 e. The van der Waals surface area contributed by atoms with Crippen LogP contribution >= 0.6 is 39.1 Å². The summed E-state index contributed by atoms with van der Waals surface area (Å²) >= 11 is 15.9. The van der Waals surface area contributed by atoms with Crippen LogP contribution in [0.1, 0.15) is 37.0 Å². The van der Waals surface area contributed by atoms with E-state index in [1.165, 1.54) is 30.2 Å². The lowest BCUT2D eigenvalue weighted by Crippen LogP contribution is -2.54. The molecule has 0 saturated heterocycles. The van der Waals surface area contributed by atoms with Crippen molar-refractivity contribution in [3.8, 4) is 5.75 Å². The summed E-state index contributed by atoms with van der Waals surface area (Å²) < 4.78 is 35.5. The minimum absolute atomic E-state index is 0.0307. The summed E-state index contributed by atoms with van der Waals surface area (Å²) in [4.78, 5) is 30.0. The number of hydrogen-bond acceptors (Lipinski definition) is 5. The van der Waals surface area contributed by atoms with Gasteiger partial charge in [0.2, 0.25) is 11.8 Å². The normalized spacial score (nSPS) is 12.6. The first-order valence-corrected chi connectivity index (χ1v) is 18.3. The van der Waals surface area contributed by atoms with E-state index in [-0.39, 0.29) is 29.8 Å². The van der Waals surface area contributed by atoms with Gasteiger partial charge in [-0.3, -0.25) is 13.9 Å². The number of amides is 2. The SMILES string of the molecule is CC[C@H](C)NC(=O)[C@H](Cc1ccccc1)N(Cc1ccc(Cl)c(Cl)c1)C(=O)CN(c1ccc(C)cc1)S(=O)(=O)c1ccc(OC)c(Br)c1. The van der Waals surface area contributed by atoms with E-state index in [0.717, 1.165) is 15.4 Å². The number of carbonyl (C=O) groups excluding carboxylic acids is 2.